The molecule has 0 heterocycles. The van der Waals surface area contributed by atoms with Gasteiger partial charge in [-0.05, 0) is 12.1 Å². The number of halogens is 3. The van der Waals surface area contributed by atoms with Gasteiger partial charge in [0.25, 0.3) is 0 Å². The predicted octanol–water partition coefficient (Wildman–Crippen LogP) is 4.11. The van der Waals surface area contributed by atoms with Crippen LogP contribution in [0.1, 0.15) is 15.9 Å². The minimum Gasteiger partial charge on any atom is -0.497 e. The molecule has 0 saturated heterocycles. The quantitative estimate of drug-likeness (QED) is 0.340. The van der Waals surface area contributed by atoms with E-state index in [-0.39, 0.29) is 29.0 Å². The fraction of sp³-hybridized carbons (Fsp3) is 0.0500. The SMILES string of the molecule is COc1ccc(C(=O)c2ccccc2)c(OS(=O)(=O)c2cc(F)c(F)cc2F)c1. The van der Waals surface area contributed by atoms with Crippen molar-refractivity contribution in [2.75, 3.05) is 7.11 Å². The third-order valence-electron chi connectivity index (χ3n) is 3.91. The first-order valence-electron chi connectivity index (χ1n) is 8.10. The maximum atomic E-state index is 13.9. The maximum Gasteiger partial charge on any atom is 0.342 e. The Morgan fingerprint density at radius 3 is 2.17 bits per heavy atom. The summed E-state index contributed by atoms with van der Waals surface area (Å²) < 4.78 is 75.4. The summed E-state index contributed by atoms with van der Waals surface area (Å²) in [5, 5.41) is 0. The third kappa shape index (κ3) is 4.24. The number of rotatable bonds is 6. The number of carbonyl (C=O) groups excluding carboxylic acids is 1. The summed E-state index contributed by atoms with van der Waals surface area (Å²) in [4.78, 5) is 11.5. The van der Waals surface area contributed by atoms with Crippen LogP contribution in [0.2, 0.25) is 0 Å². The van der Waals surface area contributed by atoms with Gasteiger partial charge in [-0.2, -0.15) is 8.42 Å². The van der Waals surface area contributed by atoms with Crippen molar-refractivity contribution in [3.05, 3.63) is 89.2 Å². The average molecular weight is 422 g/mol. The van der Waals surface area contributed by atoms with Crippen LogP contribution in [0.15, 0.2) is 65.6 Å². The topological polar surface area (TPSA) is 69.7 Å². The van der Waals surface area contributed by atoms with Crippen LogP contribution in [0.5, 0.6) is 11.5 Å². The zero-order valence-corrected chi connectivity index (χ0v) is 15.7. The molecule has 29 heavy (non-hydrogen) atoms. The lowest BCUT2D eigenvalue weighted by molar-refractivity contribution is 0.103. The van der Waals surface area contributed by atoms with Crippen molar-refractivity contribution in [1.82, 2.24) is 0 Å². The summed E-state index contributed by atoms with van der Waals surface area (Å²) in [6, 6.07) is 12.0. The van der Waals surface area contributed by atoms with Crippen molar-refractivity contribution in [3.63, 3.8) is 0 Å². The molecule has 3 aromatic carbocycles. The number of hydrogen-bond acceptors (Lipinski definition) is 5. The molecule has 150 valence electrons. The van der Waals surface area contributed by atoms with Crippen molar-refractivity contribution in [2.45, 2.75) is 4.90 Å². The molecule has 0 aromatic heterocycles. The first kappa shape index (κ1) is 20.4. The highest BCUT2D eigenvalue weighted by molar-refractivity contribution is 7.87. The van der Waals surface area contributed by atoms with E-state index in [9.17, 15) is 26.4 Å². The molecule has 0 atom stereocenters. The van der Waals surface area contributed by atoms with Crippen LogP contribution in [0, 0.1) is 17.5 Å². The normalized spacial score (nSPS) is 11.2. The van der Waals surface area contributed by atoms with Crippen molar-refractivity contribution < 1.29 is 35.3 Å². The largest absolute Gasteiger partial charge is 0.497 e. The molecule has 3 aromatic rings. The molecule has 0 N–H and O–H groups in total. The Hall–Kier alpha value is -3.33. The molecule has 3 rings (SSSR count). The van der Waals surface area contributed by atoms with E-state index in [1.807, 2.05) is 0 Å². The number of hydrogen-bond donors (Lipinski definition) is 0. The Kier molecular flexibility index (Phi) is 5.60. The second-order valence-electron chi connectivity index (χ2n) is 5.79. The van der Waals surface area contributed by atoms with E-state index in [2.05, 4.69) is 0 Å². The Bertz CT molecular complexity index is 1180. The van der Waals surface area contributed by atoms with E-state index in [4.69, 9.17) is 8.92 Å². The van der Waals surface area contributed by atoms with E-state index >= 15 is 0 Å². The predicted molar refractivity (Wildman–Crippen MR) is 97.0 cm³/mol. The van der Waals surface area contributed by atoms with Gasteiger partial charge in [-0.1, -0.05) is 30.3 Å². The van der Waals surface area contributed by atoms with Crippen LogP contribution in [0.3, 0.4) is 0 Å². The number of benzene rings is 3. The zero-order valence-electron chi connectivity index (χ0n) is 14.9. The lowest BCUT2D eigenvalue weighted by Gasteiger charge is -2.13. The molecule has 0 aliphatic heterocycles. The lowest BCUT2D eigenvalue weighted by atomic mass is 10.0. The van der Waals surface area contributed by atoms with Crippen molar-refractivity contribution >= 4 is 15.9 Å². The van der Waals surface area contributed by atoms with E-state index in [0.29, 0.717) is 0 Å². The zero-order chi connectivity index (χ0) is 21.2. The molecule has 0 radical (unpaired) electrons. The van der Waals surface area contributed by atoms with Gasteiger partial charge in [-0.15, -0.1) is 0 Å². The molecular formula is C20H13F3O5S. The molecule has 0 bridgehead atoms. The van der Waals surface area contributed by atoms with E-state index in [1.165, 1.54) is 31.4 Å². The fourth-order valence-electron chi connectivity index (χ4n) is 2.49. The smallest absolute Gasteiger partial charge is 0.342 e. The summed E-state index contributed by atoms with van der Waals surface area (Å²) >= 11 is 0. The van der Waals surface area contributed by atoms with Gasteiger partial charge in [0.15, 0.2) is 23.2 Å². The van der Waals surface area contributed by atoms with Crippen molar-refractivity contribution in [1.29, 1.82) is 0 Å². The Morgan fingerprint density at radius 1 is 0.862 bits per heavy atom. The second-order valence-corrected chi connectivity index (χ2v) is 7.31. The summed E-state index contributed by atoms with van der Waals surface area (Å²) in [5.74, 6) is -5.53. The lowest BCUT2D eigenvalue weighted by Crippen LogP contribution is -2.15. The fourth-order valence-corrected chi connectivity index (χ4v) is 3.50. The molecule has 0 saturated carbocycles. The molecule has 0 amide bonds. The molecule has 9 heteroatoms. The molecular weight excluding hydrogens is 409 g/mol. The molecule has 0 aliphatic rings. The highest BCUT2D eigenvalue weighted by Gasteiger charge is 2.27. The van der Waals surface area contributed by atoms with Crippen molar-refractivity contribution in [3.8, 4) is 11.5 Å². The second kappa shape index (κ2) is 7.96. The monoisotopic (exact) mass is 422 g/mol. The average Bonchev–Trinajstić information content (AvgIpc) is 2.70. The maximum absolute atomic E-state index is 13.9. The molecule has 0 fully saturated rings. The van der Waals surface area contributed by atoms with Gasteiger partial charge in [0.05, 0.1) is 12.7 Å². The van der Waals surface area contributed by atoms with Gasteiger partial charge in [0, 0.05) is 23.8 Å². The Morgan fingerprint density at radius 2 is 1.52 bits per heavy atom. The Labute approximate surface area is 164 Å². The van der Waals surface area contributed by atoms with E-state index in [0.717, 1.165) is 6.07 Å². The highest BCUT2D eigenvalue weighted by Crippen LogP contribution is 2.30. The van der Waals surface area contributed by atoms with Crippen LogP contribution in [0.25, 0.3) is 0 Å². The summed E-state index contributed by atoms with van der Waals surface area (Å²) in [5.41, 5.74) is 0.0995. The van der Waals surface area contributed by atoms with Gasteiger partial charge in [0.2, 0.25) is 0 Å². The molecule has 0 unspecified atom stereocenters. The van der Waals surface area contributed by atoms with E-state index in [1.54, 1.807) is 18.2 Å². The number of ether oxygens (including phenoxy) is 1. The molecule has 5 nitrogen and oxygen atoms in total. The minimum absolute atomic E-state index is 0.0905. The van der Waals surface area contributed by atoms with Crippen LogP contribution >= 0.6 is 0 Å². The first-order valence-corrected chi connectivity index (χ1v) is 9.50. The number of ketones is 1. The van der Waals surface area contributed by atoms with Crippen molar-refractivity contribution in [2.24, 2.45) is 0 Å². The highest BCUT2D eigenvalue weighted by atomic mass is 32.2. The Balaban J connectivity index is 2.08. The van der Waals surface area contributed by atoms with Crippen LogP contribution in [-0.4, -0.2) is 21.3 Å². The third-order valence-corrected chi connectivity index (χ3v) is 5.16. The van der Waals surface area contributed by atoms with Gasteiger partial charge >= 0.3 is 10.1 Å². The van der Waals surface area contributed by atoms with Gasteiger partial charge in [-0.25, -0.2) is 13.2 Å². The number of methoxy groups -OCH3 is 1. The van der Waals surface area contributed by atoms with E-state index < -0.39 is 44.0 Å². The summed E-state index contributed by atoms with van der Waals surface area (Å²) in [6.07, 6.45) is 0. The van der Waals surface area contributed by atoms with Crippen LogP contribution < -0.4 is 8.92 Å². The summed E-state index contributed by atoms with van der Waals surface area (Å²) in [6.45, 7) is 0. The number of carbonyl (C=O) groups is 1. The summed E-state index contributed by atoms with van der Waals surface area (Å²) in [7, 11) is -3.63. The first-order chi connectivity index (χ1) is 13.7. The molecule has 0 spiro atoms. The van der Waals surface area contributed by atoms with Gasteiger partial charge in [-0.3, -0.25) is 4.79 Å². The standard InChI is InChI=1S/C20H13F3O5S/c1-27-13-7-8-14(20(24)12-5-3-2-4-6-12)18(9-13)28-29(25,26)19-11-16(22)15(21)10-17(19)23/h2-11H,1H3. The van der Waals surface area contributed by atoms with Gasteiger partial charge < -0.3 is 8.92 Å². The van der Waals surface area contributed by atoms with Gasteiger partial charge in [0.1, 0.15) is 16.5 Å². The van der Waals surface area contributed by atoms with Crippen LogP contribution in [0.4, 0.5) is 13.2 Å². The minimum atomic E-state index is -4.94. The molecule has 0 aliphatic carbocycles. The van der Waals surface area contributed by atoms with Crippen LogP contribution in [-0.2, 0) is 10.1 Å².